The van der Waals surface area contributed by atoms with Crippen LogP contribution in [-0.2, 0) is 19.4 Å². The van der Waals surface area contributed by atoms with E-state index >= 15 is 0 Å². The molecule has 7 heteroatoms. The number of hydrogen-bond donors (Lipinski definition) is 1. The number of methoxy groups -OCH3 is 1. The summed E-state index contributed by atoms with van der Waals surface area (Å²) >= 11 is 1.65. The Bertz CT molecular complexity index is 420. The molecule has 2 atom stereocenters. The second-order valence-corrected chi connectivity index (χ2v) is 8.99. The van der Waals surface area contributed by atoms with Crippen molar-refractivity contribution in [1.29, 1.82) is 0 Å². The molecule has 0 aromatic heterocycles. The molecule has 1 aliphatic rings. The van der Waals surface area contributed by atoms with Crippen molar-refractivity contribution in [3.05, 3.63) is 0 Å². The highest BCUT2D eigenvalue weighted by Crippen LogP contribution is 2.35. The lowest BCUT2D eigenvalue weighted by Gasteiger charge is -2.39. The summed E-state index contributed by atoms with van der Waals surface area (Å²) in [6, 6.07) is 0. The molecule has 1 rings (SSSR count). The van der Waals surface area contributed by atoms with Gasteiger partial charge in [-0.25, -0.2) is 8.42 Å². The lowest BCUT2D eigenvalue weighted by molar-refractivity contribution is -0.150. The van der Waals surface area contributed by atoms with Crippen molar-refractivity contribution in [2.24, 2.45) is 0 Å². The van der Waals surface area contributed by atoms with E-state index in [1.807, 2.05) is 6.92 Å². The van der Waals surface area contributed by atoms with Crippen molar-refractivity contribution in [1.82, 2.24) is 5.32 Å². The van der Waals surface area contributed by atoms with Gasteiger partial charge in [0.2, 0.25) is 0 Å². The first-order chi connectivity index (χ1) is 9.33. The van der Waals surface area contributed by atoms with E-state index in [0.29, 0.717) is 17.4 Å². The maximum atomic E-state index is 12.1. The summed E-state index contributed by atoms with van der Waals surface area (Å²) in [5, 5.41) is 3.59. The minimum Gasteiger partial charge on any atom is -0.468 e. The highest BCUT2D eigenvalue weighted by molar-refractivity contribution is 8.01. The van der Waals surface area contributed by atoms with Crippen LogP contribution in [0.3, 0.4) is 0 Å². The van der Waals surface area contributed by atoms with E-state index in [1.165, 1.54) is 13.4 Å². The van der Waals surface area contributed by atoms with E-state index in [9.17, 15) is 13.2 Å². The zero-order chi connectivity index (χ0) is 15.2. The average molecular weight is 323 g/mol. The third-order valence-electron chi connectivity index (χ3n) is 3.60. The molecule has 1 N–H and O–H groups in total. The van der Waals surface area contributed by atoms with Gasteiger partial charge in [-0.3, -0.25) is 4.79 Å². The number of sulfone groups is 1. The molecule has 1 aliphatic carbocycles. The molecule has 20 heavy (non-hydrogen) atoms. The molecule has 0 heterocycles. The third kappa shape index (κ3) is 5.26. The van der Waals surface area contributed by atoms with Crippen LogP contribution in [0.1, 0.15) is 32.6 Å². The first-order valence-corrected chi connectivity index (χ1v) is 10.1. The molecule has 5 nitrogen and oxygen atoms in total. The second-order valence-electron chi connectivity index (χ2n) is 5.32. The largest absolute Gasteiger partial charge is 0.468 e. The standard InChI is InChI=1S/C13H25NO4S2/c1-4-14-13(12(15)18-2)7-5-6-11(10-13)19-8-9-20(3,16)17/h11,14H,4-10H2,1-3H3. The van der Waals surface area contributed by atoms with E-state index in [2.05, 4.69) is 5.32 Å². The van der Waals surface area contributed by atoms with Crippen LogP contribution in [0.2, 0.25) is 0 Å². The van der Waals surface area contributed by atoms with Crippen LogP contribution >= 0.6 is 11.8 Å². The van der Waals surface area contributed by atoms with Crippen molar-refractivity contribution in [2.75, 3.05) is 31.4 Å². The number of thioether (sulfide) groups is 1. The van der Waals surface area contributed by atoms with E-state index in [4.69, 9.17) is 4.74 Å². The van der Waals surface area contributed by atoms with Gasteiger partial charge in [-0.2, -0.15) is 11.8 Å². The first-order valence-electron chi connectivity index (χ1n) is 6.96. The highest BCUT2D eigenvalue weighted by Gasteiger charge is 2.43. The molecule has 0 bridgehead atoms. The third-order valence-corrected chi connectivity index (χ3v) is 6.12. The monoisotopic (exact) mass is 323 g/mol. The Balaban J connectivity index is 2.61. The molecule has 1 saturated carbocycles. The molecule has 0 amide bonds. The van der Waals surface area contributed by atoms with Crippen LogP contribution in [0.4, 0.5) is 0 Å². The fraction of sp³-hybridized carbons (Fsp3) is 0.923. The Morgan fingerprint density at radius 1 is 1.50 bits per heavy atom. The van der Waals surface area contributed by atoms with Gasteiger partial charge in [0.05, 0.1) is 12.9 Å². The van der Waals surface area contributed by atoms with Crippen molar-refractivity contribution < 1.29 is 17.9 Å². The summed E-state index contributed by atoms with van der Waals surface area (Å²) in [6.07, 6.45) is 4.74. The van der Waals surface area contributed by atoms with Gasteiger partial charge in [0.1, 0.15) is 15.4 Å². The van der Waals surface area contributed by atoms with Gasteiger partial charge in [-0.15, -0.1) is 0 Å². The van der Waals surface area contributed by atoms with E-state index in [-0.39, 0.29) is 11.7 Å². The lowest BCUT2D eigenvalue weighted by Crippen LogP contribution is -2.56. The topological polar surface area (TPSA) is 72.5 Å². The molecule has 0 aromatic rings. The summed E-state index contributed by atoms with van der Waals surface area (Å²) in [5.74, 6) is 0.584. The first kappa shape index (κ1) is 17.8. The normalized spacial score (nSPS) is 27.2. The minimum absolute atomic E-state index is 0.195. The average Bonchev–Trinajstić information content (AvgIpc) is 2.37. The molecule has 1 fully saturated rings. The molecular weight excluding hydrogens is 298 g/mol. The quantitative estimate of drug-likeness (QED) is 0.711. The zero-order valence-corrected chi connectivity index (χ0v) is 14.1. The summed E-state index contributed by atoms with van der Waals surface area (Å²) in [7, 11) is -1.49. The number of likely N-dealkylation sites (N-methyl/N-ethyl adjacent to an activating group) is 1. The molecule has 0 saturated heterocycles. The van der Waals surface area contributed by atoms with Crippen LogP contribution in [-0.4, -0.2) is 56.6 Å². The Hall–Kier alpha value is -0.270. The predicted octanol–water partition coefficient (Wildman–Crippen LogP) is 1.23. The number of esters is 1. The SMILES string of the molecule is CCNC1(C(=O)OC)CCCC(SCCS(C)(=O)=O)C1. The Morgan fingerprint density at radius 3 is 2.75 bits per heavy atom. The number of ether oxygens (including phenoxy) is 1. The molecule has 0 spiro atoms. The Labute approximate surface area is 126 Å². The number of nitrogens with one attached hydrogen (secondary N) is 1. The molecule has 118 valence electrons. The summed E-state index contributed by atoms with van der Waals surface area (Å²) in [6.45, 7) is 2.70. The Kier molecular flexibility index (Phi) is 6.81. The highest BCUT2D eigenvalue weighted by atomic mass is 32.2. The van der Waals surface area contributed by atoms with Crippen molar-refractivity contribution in [2.45, 2.75) is 43.4 Å². The van der Waals surface area contributed by atoms with Gasteiger partial charge < -0.3 is 10.1 Å². The Morgan fingerprint density at radius 2 is 2.20 bits per heavy atom. The van der Waals surface area contributed by atoms with Gasteiger partial charge in [-0.1, -0.05) is 6.92 Å². The van der Waals surface area contributed by atoms with Crippen molar-refractivity contribution >= 4 is 27.6 Å². The molecule has 0 aromatic carbocycles. The fourth-order valence-electron chi connectivity index (χ4n) is 2.68. The van der Waals surface area contributed by atoms with Crippen LogP contribution < -0.4 is 5.32 Å². The van der Waals surface area contributed by atoms with Gasteiger partial charge in [-0.05, 0) is 32.2 Å². The van der Waals surface area contributed by atoms with Gasteiger partial charge in [0.25, 0.3) is 0 Å². The number of hydrogen-bond acceptors (Lipinski definition) is 6. The number of carbonyl (C=O) groups excluding carboxylic acids is 1. The van der Waals surface area contributed by atoms with Gasteiger partial charge in [0.15, 0.2) is 0 Å². The molecule has 2 unspecified atom stereocenters. The molecular formula is C13H25NO4S2. The second kappa shape index (κ2) is 7.66. The molecule has 0 radical (unpaired) electrons. The summed E-state index contributed by atoms with van der Waals surface area (Å²) in [4.78, 5) is 12.1. The van der Waals surface area contributed by atoms with Crippen LogP contribution in [0, 0.1) is 0 Å². The summed E-state index contributed by atoms with van der Waals surface area (Å²) < 4.78 is 27.3. The molecule has 0 aliphatic heterocycles. The smallest absolute Gasteiger partial charge is 0.326 e. The van der Waals surface area contributed by atoms with Crippen molar-refractivity contribution in [3.63, 3.8) is 0 Å². The lowest BCUT2D eigenvalue weighted by atomic mass is 9.81. The predicted molar refractivity (Wildman–Crippen MR) is 82.8 cm³/mol. The maximum absolute atomic E-state index is 12.1. The van der Waals surface area contributed by atoms with E-state index in [1.54, 1.807) is 11.8 Å². The van der Waals surface area contributed by atoms with Crippen LogP contribution in [0.5, 0.6) is 0 Å². The maximum Gasteiger partial charge on any atom is 0.326 e. The van der Waals surface area contributed by atoms with Crippen molar-refractivity contribution in [3.8, 4) is 0 Å². The summed E-state index contributed by atoms with van der Waals surface area (Å²) in [5.41, 5.74) is -0.593. The number of carbonyl (C=O) groups is 1. The zero-order valence-electron chi connectivity index (χ0n) is 12.5. The van der Waals surface area contributed by atoms with Gasteiger partial charge >= 0.3 is 5.97 Å². The fourth-order valence-corrected chi connectivity index (χ4v) is 5.35. The van der Waals surface area contributed by atoms with E-state index < -0.39 is 15.4 Å². The van der Waals surface area contributed by atoms with Gasteiger partial charge in [0, 0.05) is 17.3 Å². The number of rotatable bonds is 7. The van der Waals surface area contributed by atoms with E-state index in [0.717, 1.165) is 25.8 Å². The minimum atomic E-state index is -2.91. The van der Waals surface area contributed by atoms with Crippen LogP contribution in [0.25, 0.3) is 0 Å². The van der Waals surface area contributed by atoms with Crippen LogP contribution in [0.15, 0.2) is 0 Å².